The standard InChI is InChI=1S/C14H20N2O3S/c1-4-19-14(18)12-15-11(8-20-12)13(17)16(9(2)3)7-10-5-6-10/h8-10H,4-7H2,1-3H3. The number of rotatable bonds is 6. The summed E-state index contributed by atoms with van der Waals surface area (Å²) < 4.78 is 4.89. The Morgan fingerprint density at radius 1 is 1.50 bits per heavy atom. The third-order valence-electron chi connectivity index (χ3n) is 3.21. The summed E-state index contributed by atoms with van der Waals surface area (Å²) >= 11 is 1.16. The molecule has 1 heterocycles. The van der Waals surface area contributed by atoms with Crippen LogP contribution in [0.25, 0.3) is 0 Å². The molecule has 1 aromatic heterocycles. The third-order valence-corrected chi connectivity index (χ3v) is 4.03. The van der Waals surface area contributed by atoms with Crippen LogP contribution in [0.5, 0.6) is 0 Å². The molecule has 0 saturated heterocycles. The second kappa shape index (κ2) is 6.35. The van der Waals surface area contributed by atoms with Crippen molar-refractivity contribution in [2.45, 2.75) is 39.7 Å². The minimum absolute atomic E-state index is 0.0984. The summed E-state index contributed by atoms with van der Waals surface area (Å²) in [4.78, 5) is 30.0. The van der Waals surface area contributed by atoms with Crippen molar-refractivity contribution in [3.63, 3.8) is 0 Å². The number of carbonyl (C=O) groups is 2. The molecular formula is C14H20N2O3S. The molecule has 1 saturated carbocycles. The first kappa shape index (κ1) is 15.0. The van der Waals surface area contributed by atoms with Crippen molar-refractivity contribution >= 4 is 23.2 Å². The molecule has 0 atom stereocenters. The predicted octanol–water partition coefficient (Wildman–Crippen LogP) is 2.58. The number of nitrogens with zero attached hydrogens (tertiary/aromatic N) is 2. The highest BCUT2D eigenvalue weighted by Crippen LogP contribution is 2.30. The van der Waals surface area contributed by atoms with Gasteiger partial charge in [0.25, 0.3) is 5.91 Å². The fourth-order valence-corrected chi connectivity index (χ4v) is 2.60. The van der Waals surface area contributed by atoms with E-state index in [2.05, 4.69) is 4.98 Å². The Balaban J connectivity index is 2.08. The molecule has 110 valence electrons. The van der Waals surface area contributed by atoms with E-state index in [-0.39, 0.29) is 17.0 Å². The second-order valence-corrected chi connectivity index (χ2v) is 6.11. The molecule has 1 aromatic rings. The number of esters is 1. The minimum Gasteiger partial charge on any atom is -0.461 e. The predicted molar refractivity (Wildman–Crippen MR) is 77.0 cm³/mol. The van der Waals surface area contributed by atoms with Gasteiger partial charge < -0.3 is 9.64 Å². The van der Waals surface area contributed by atoms with Gasteiger partial charge in [0.1, 0.15) is 5.69 Å². The maximum absolute atomic E-state index is 12.5. The Bertz CT molecular complexity index is 494. The van der Waals surface area contributed by atoms with Gasteiger partial charge >= 0.3 is 5.97 Å². The Morgan fingerprint density at radius 3 is 2.75 bits per heavy atom. The first-order chi connectivity index (χ1) is 9.52. The van der Waals surface area contributed by atoms with Crippen LogP contribution in [0.1, 0.15) is 53.9 Å². The van der Waals surface area contributed by atoms with E-state index >= 15 is 0 Å². The van der Waals surface area contributed by atoms with E-state index in [0.29, 0.717) is 18.2 Å². The topological polar surface area (TPSA) is 59.5 Å². The summed E-state index contributed by atoms with van der Waals surface area (Å²) in [5.74, 6) is 0.0676. The molecule has 2 rings (SSSR count). The maximum Gasteiger partial charge on any atom is 0.367 e. The summed E-state index contributed by atoms with van der Waals surface area (Å²) in [6.45, 7) is 6.83. The van der Waals surface area contributed by atoms with Crippen molar-refractivity contribution in [1.82, 2.24) is 9.88 Å². The van der Waals surface area contributed by atoms with Crippen LogP contribution in [0.15, 0.2) is 5.38 Å². The van der Waals surface area contributed by atoms with Gasteiger partial charge in [0.2, 0.25) is 5.01 Å². The average molecular weight is 296 g/mol. The van der Waals surface area contributed by atoms with E-state index in [1.165, 1.54) is 12.8 Å². The molecule has 0 N–H and O–H groups in total. The summed E-state index contributed by atoms with van der Waals surface area (Å²) in [6, 6.07) is 0.135. The summed E-state index contributed by atoms with van der Waals surface area (Å²) in [5, 5.41) is 1.88. The zero-order valence-electron chi connectivity index (χ0n) is 12.1. The smallest absolute Gasteiger partial charge is 0.367 e. The molecule has 1 fully saturated rings. The van der Waals surface area contributed by atoms with E-state index < -0.39 is 5.97 Å². The largest absolute Gasteiger partial charge is 0.461 e. The van der Waals surface area contributed by atoms with Crippen molar-refractivity contribution in [2.75, 3.05) is 13.2 Å². The Hall–Kier alpha value is -1.43. The van der Waals surface area contributed by atoms with Gasteiger partial charge in [0.05, 0.1) is 6.61 Å². The average Bonchev–Trinajstić information content (AvgIpc) is 3.08. The van der Waals surface area contributed by atoms with Crippen molar-refractivity contribution in [2.24, 2.45) is 5.92 Å². The number of hydrogen-bond donors (Lipinski definition) is 0. The van der Waals surface area contributed by atoms with Crippen LogP contribution in [-0.4, -0.2) is 41.0 Å². The lowest BCUT2D eigenvalue weighted by molar-refractivity contribution is 0.0526. The second-order valence-electron chi connectivity index (χ2n) is 5.25. The highest BCUT2D eigenvalue weighted by atomic mass is 32.1. The maximum atomic E-state index is 12.5. The van der Waals surface area contributed by atoms with Crippen molar-refractivity contribution in [3.8, 4) is 0 Å². The normalized spacial score (nSPS) is 14.4. The van der Waals surface area contributed by atoms with Crippen LogP contribution < -0.4 is 0 Å². The van der Waals surface area contributed by atoms with Crippen molar-refractivity contribution in [1.29, 1.82) is 0 Å². The van der Waals surface area contributed by atoms with Crippen LogP contribution in [0.4, 0.5) is 0 Å². The number of thiazole rings is 1. The van der Waals surface area contributed by atoms with Gasteiger partial charge in [-0.2, -0.15) is 0 Å². The fraction of sp³-hybridized carbons (Fsp3) is 0.643. The molecule has 0 unspecified atom stereocenters. The van der Waals surface area contributed by atoms with Crippen LogP contribution in [0.3, 0.4) is 0 Å². The van der Waals surface area contributed by atoms with Gasteiger partial charge in [-0.15, -0.1) is 11.3 Å². The number of carbonyl (C=O) groups excluding carboxylic acids is 2. The van der Waals surface area contributed by atoms with E-state index in [1.807, 2.05) is 18.7 Å². The van der Waals surface area contributed by atoms with Gasteiger partial charge in [-0.1, -0.05) is 0 Å². The van der Waals surface area contributed by atoms with Crippen LogP contribution in [0.2, 0.25) is 0 Å². The molecule has 1 aliphatic carbocycles. The lowest BCUT2D eigenvalue weighted by atomic mass is 10.2. The number of hydrogen-bond acceptors (Lipinski definition) is 5. The molecule has 0 aliphatic heterocycles. The monoisotopic (exact) mass is 296 g/mol. The van der Waals surface area contributed by atoms with Gasteiger partial charge in [-0.3, -0.25) is 4.79 Å². The first-order valence-corrected chi connectivity index (χ1v) is 7.84. The van der Waals surface area contributed by atoms with Gasteiger partial charge in [-0.25, -0.2) is 9.78 Å². The first-order valence-electron chi connectivity index (χ1n) is 6.96. The van der Waals surface area contributed by atoms with E-state index in [0.717, 1.165) is 17.9 Å². The SMILES string of the molecule is CCOC(=O)c1nc(C(=O)N(CC2CC2)C(C)C)cs1. The Kier molecular flexibility index (Phi) is 4.75. The van der Waals surface area contributed by atoms with E-state index in [4.69, 9.17) is 4.74 Å². The quantitative estimate of drug-likeness (QED) is 0.757. The molecule has 6 heteroatoms. The lowest BCUT2D eigenvalue weighted by Gasteiger charge is -2.25. The van der Waals surface area contributed by atoms with Crippen molar-refractivity contribution < 1.29 is 14.3 Å². The Labute approximate surface area is 122 Å². The molecule has 0 spiro atoms. The Morgan fingerprint density at radius 2 is 2.20 bits per heavy atom. The highest BCUT2D eigenvalue weighted by Gasteiger charge is 2.30. The van der Waals surface area contributed by atoms with Gasteiger partial charge in [0, 0.05) is 18.0 Å². The summed E-state index contributed by atoms with van der Waals surface area (Å²) in [6.07, 6.45) is 2.39. The molecular weight excluding hydrogens is 276 g/mol. The van der Waals surface area contributed by atoms with Crippen LogP contribution in [-0.2, 0) is 4.74 Å². The van der Waals surface area contributed by atoms with Gasteiger partial charge in [-0.05, 0) is 39.5 Å². The summed E-state index contributed by atoms with van der Waals surface area (Å²) in [7, 11) is 0. The number of aromatic nitrogens is 1. The zero-order valence-corrected chi connectivity index (χ0v) is 12.9. The zero-order chi connectivity index (χ0) is 14.7. The van der Waals surface area contributed by atoms with Gasteiger partial charge in [0.15, 0.2) is 0 Å². The molecule has 1 aliphatic rings. The molecule has 20 heavy (non-hydrogen) atoms. The molecule has 0 aromatic carbocycles. The van der Waals surface area contributed by atoms with Crippen LogP contribution in [0, 0.1) is 5.92 Å². The van der Waals surface area contributed by atoms with Crippen molar-refractivity contribution in [3.05, 3.63) is 16.1 Å². The van der Waals surface area contributed by atoms with E-state index in [1.54, 1.807) is 12.3 Å². The lowest BCUT2D eigenvalue weighted by Crippen LogP contribution is -2.38. The minimum atomic E-state index is -0.463. The number of amides is 1. The van der Waals surface area contributed by atoms with Crippen LogP contribution >= 0.6 is 11.3 Å². The fourth-order valence-electron chi connectivity index (χ4n) is 1.91. The molecule has 5 nitrogen and oxygen atoms in total. The molecule has 1 amide bonds. The highest BCUT2D eigenvalue weighted by molar-refractivity contribution is 7.11. The number of ether oxygens (including phenoxy) is 1. The van der Waals surface area contributed by atoms with E-state index in [9.17, 15) is 9.59 Å². The third kappa shape index (κ3) is 3.56. The summed E-state index contributed by atoms with van der Waals surface area (Å²) in [5.41, 5.74) is 0.340. The molecule has 0 radical (unpaired) electrons. The molecule has 0 bridgehead atoms.